The van der Waals surface area contributed by atoms with Crippen molar-refractivity contribution in [2.45, 2.75) is 39.5 Å². The quantitative estimate of drug-likeness (QED) is 0.620. The number of rotatable bonds is 6. The Morgan fingerprint density at radius 3 is 2.05 bits per heavy atom. The minimum Gasteiger partial charge on any atom is -0.466 e. The molecule has 5 nitrogen and oxygen atoms in total. The van der Waals surface area contributed by atoms with Gasteiger partial charge >= 0.3 is 7.82 Å². The average Bonchev–Trinajstić information content (AvgIpc) is 2.24. The molecule has 0 heterocycles. The zero-order valence-electron chi connectivity index (χ0n) is 13.5. The molecule has 0 aromatic heterocycles. The summed E-state index contributed by atoms with van der Waals surface area (Å²) in [6.07, 6.45) is 0. The maximum absolute atomic E-state index is 10.8. The maximum atomic E-state index is 10.8. The lowest BCUT2D eigenvalue weighted by Crippen LogP contribution is -2.07. The molecule has 0 spiro atoms. The van der Waals surface area contributed by atoms with Gasteiger partial charge in [-0.1, -0.05) is 45.9 Å². The van der Waals surface area contributed by atoms with Gasteiger partial charge in [-0.05, 0) is 23.0 Å². The summed E-state index contributed by atoms with van der Waals surface area (Å²) >= 11 is 0. The molecule has 0 radical (unpaired) electrons. The molecule has 1 rings (SSSR count). The Morgan fingerprint density at radius 1 is 1.21 bits per heavy atom. The molecule has 0 aliphatic carbocycles. The number of benzene rings is 1. The van der Waals surface area contributed by atoms with Gasteiger partial charge in [-0.3, -0.25) is 0 Å². The van der Waals surface area contributed by atoms with Crippen molar-refractivity contribution < 1.29 is 26.4 Å². The molecule has 1 aromatic rings. The van der Waals surface area contributed by atoms with E-state index in [0.29, 0.717) is 0 Å². The predicted molar refractivity (Wildman–Crippen MR) is 73.2 cm³/mol. The molecule has 0 aliphatic rings. The van der Waals surface area contributed by atoms with Crippen molar-refractivity contribution in [1.29, 1.82) is 0 Å². The van der Waals surface area contributed by atoms with Gasteiger partial charge in [0.1, 0.15) is 8.49 Å². The van der Waals surface area contributed by atoms with E-state index in [9.17, 15) is 4.57 Å². The Bertz CT molecular complexity index is 513. The normalized spacial score (nSPS) is 14.5. The maximum Gasteiger partial charge on any atom is 0.472 e. The molecule has 0 fully saturated rings. The van der Waals surface area contributed by atoms with Crippen LogP contribution in [0.15, 0.2) is 18.2 Å². The first kappa shape index (κ1) is 13.1. The third kappa shape index (κ3) is 4.96. The topological polar surface area (TPSA) is 76.0 Å². The summed E-state index contributed by atoms with van der Waals surface area (Å²) in [6.45, 7) is 4.77. The van der Waals surface area contributed by atoms with Gasteiger partial charge in [-0.2, -0.15) is 0 Å². The fourth-order valence-corrected chi connectivity index (χ4v) is 1.84. The van der Waals surface area contributed by atoms with Crippen LogP contribution in [0.3, 0.4) is 0 Å². The number of phosphoric acid groups is 1. The van der Waals surface area contributed by atoms with Crippen molar-refractivity contribution in [3.8, 4) is 5.75 Å². The van der Waals surface area contributed by atoms with E-state index in [-0.39, 0.29) is 17.6 Å². The summed E-state index contributed by atoms with van der Waals surface area (Å²) in [5.41, 5.74) is 1.50. The summed E-state index contributed by atoms with van der Waals surface area (Å²) in [4.78, 5) is 17.5. The lowest BCUT2D eigenvalue weighted by atomic mass is 9.94. The van der Waals surface area contributed by atoms with Gasteiger partial charge < -0.3 is 14.5 Å². The lowest BCUT2D eigenvalue weighted by molar-refractivity contribution is 0.0811. The van der Waals surface area contributed by atoms with E-state index in [1.54, 1.807) is 12.1 Å². The van der Waals surface area contributed by atoms with Crippen molar-refractivity contribution in [2.24, 2.45) is 0 Å². The number of hydrogen-bond acceptors (Lipinski definition) is 3. The van der Waals surface area contributed by atoms with E-state index in [2.05, 4.69) is 4.52 Å². The monoisotopic (exact) mass is 290 g/mol. The Morgan fingerprint density at radius 2 is 1.68 bits per heavy atom. The summed E-state index contributed by atoms with van der Waals surface area (Å²) in [6, 6.07) is 5.43. The fraction of sp³-hybridized carbons (Fsp3) is 0.538. The summed E-state index contributed by atoms with van der Waals surface area (Å²) in [5, 5.41) is 0. The predicted octanol–water partition coefficient (Wildman–Crippen LogP) is 3.38. The van der Waals surface area contributed by atoms with E-state index in [4.69, 9.17) is 17.3 Å². The molecule has 2 N–H and O–H groups in total. The highest BCUT2D eigenvalue weighted by atomic mass is 31.2. The van der Waals surface area contributed by atoms with E-state index >= 15 is 0 Å². The van der Waals surface area contributed by atoms with Crippen molar-refractivity contribution in [2.75, 3.05) is 6.75 Å². The summed E-state index contributed by atoms with van der Waals surface area (Å²) in [7, 11) is -5.00. The smallest absolute Gasteiger partial charge is 0.466 e. The molecule has 0 aliphatic heterocycles. The average molecular weight is 290 g/mol. The fourth-order valence-electron chi connectivity index (χ4n) is 1.71. The number of hydrogen-bond donors (Lipinski definition) is 2. The molecule has 1 aromatic carbocycles. The molecule has 0 saturated heterocycles. The molecule has 6 heteroatoms. The number of ether oxygens (including phenoxy) is 1. The van der Waals surface area contributed by atoms with Crippen LogP contribution in [0.2, 0.25) is 0 Å². The second-order valence-electron chi connectivity index (χ2n) is 4.84. The van der Waals surface area contributed by atoms with Crippen molar-refractivity contribution >= 4 is 7.82 Å². The van der Waals surface area contributed by atoms with Gasteiger partial charge in [0, 0.05) is 0 Å². The molecular formula is C13H21O5P. The Balaban J connectivity index is 3.25. The Hall–Kier alpha value is -0.870. The minimum absolute atomic E-state index is 0.0598. The Labute approximate surface area is 116 Å². The molecule has 19 heavy (non-hydrogen) atoms. The van der Waals surface area contributed by atoms with Crippen LogP contribution in [0.4, 0.5) is 0 Å². The largest absolute Gasteiger partial charge is 0.472 e. The molecule has 0 bridgehead atoms. The second kappa shape index (κ2) is 6.53. The number of phosphoric ester groups is 1. The number of para-hydroxylation sites is 1. The highest BCUT2D eigenvalue weighted by Gasteiger charge is 2.18. The van der Waals surface area contributed by atoms with Gasteiger partial charge in [0.15, 0.2) is 6.75 Å². The zero-order chi connectivity index (χ0) is 16.4. The van der Waals surface area contributed by atoms with Crippen LogP contribution in [0, 0.1) is 0 Å². The Kier molecular flexibility index (Phi) is 4.51. The van der Waals surface area contributed by atoms with Crippen LogP contribution < -0.4 is 4.74 Å². The SMILES string of the molecule is [2H]C([2H])(Oc1c(C(C)C)cccc1C(C)C)OP(=O)(O)O. The van der Waals surface area contributed by atoms with Gasteiger partial charge in [-0.25, -0.2) is 9.09 Å². The molecule has 108 valence electrons. The molecule has 0 atom stereocenters. The van der Waals surface area contributed by atoms with Gasteiger partial charge in [0.05, 0.1) is 0 Å². The summed E-state index contributed by atoms with van der Waals surface area (Å²) in [5.74, 6) is 0.384. The van der Waals surface area contributed by atoms with Crippen molar-refractivity contribution in [3.05, 3.63) is 29.3 Å². The first-order valence-corrected chi connectivity index (χ1v) is 7.54. The van der Waals surface area contributed by atoms with Gasteiger partial charge in [0.2, 0.25) is 0 Å². The molecule has 0 saturated carbocycles. The first-order chi connectivity index (χ1) is 9.43. The van der Waals surface area contributed by atoms with Crippen LogP contribution >= 0.6 is 7.82 Å². The lowest BCUT2D eigenvalue weighted by Gasteiger charge is -2.19. The molecule has 0 unspecified atom stereocenters. The summed E-state index contributed by atoms with van der Waals surface area (Å²) < 4.78 is 35.1. The highest BCUT2D eigenvalue weighted by molar-refractivity contribution is 7.46. The van der Waals surface area contributed by atoms with E-state index in [1.165, 1.54) is 0 Å². The van der Waals surface area contributed by atoms with Crippen molar-refractivity contribution in [3.63, 3.8) is 0 Å². The van der Waals surface area contributed by atoms with Gasteiger partial charge in [0.25, 0.3) is 0 Å². The van der Waals surface area contributed by atoms with Crippen LogP contribution in [-0.4, -0.2) is 16.5 Å². The minimum atomic E-state index is -5.00. The van der Waals surface area contributed by atoms with Crippen LogP contribution in [-0.2, 0) is 9.09 Å². The molecular weight excluding hydrogens is 267 g/mol. The standard InChI is InChI=1S/C13H21O5P/c1-9(2)11-6-5-7-12(10(3)4)13(11)17-8-18-19(14,15)16/h5-7,9-10H,8H2,1-4H3,(H2,14,15,16)/i8D2. The van der Waals surface area contributed by atoms with Crippen molar-refractivity contribution in [1.82, 2.24) is 0 Å². The van der Waals surface area contributed by atoms with E-state index < -0.39 is 14.6 Å². The van der Waals surface area contributed by atoms with Crippen LogP contribution in [0.5, 0.6) is 5.75 Å². The third-order valence-corrected chi connectivity index (χ3v) is 2.93. The second-order valence-corrected chi connectivity index (χ2v) is 6.01. The third-order valence-electron chi connectivity index (χ3n) is 2.62. The van der Waals surface area contributed by atoms with E-state index in [1.807, 2.05) is 33.8 Å². The first-order valence-electron chi connectivity index (χ1n) is 7.01. The van der Waals surface area contributed by atoms with Gasteiger partial charge in [-0.15, -0.1) is 0 Å². The highest BCUT2D eigenvalue weighted by Crippen LogP contribution is 2.38. The molecule has 0 amide bonds. The van der Waals surface area contributed by atoms with Crippen LogP contribution in [0.1, 0.15) is 53.4 Å². The zero-order valence-corrected chi connectivity index (χ0v) is 12.3. The van der Waals surface area contributed by atoms with Crippen LogP contribution in [0.25, 0.3) is 0 Å². The van der Waals surface area contributed by atoms with E-state index in [0.717, 1.165) is 11.1 Å².